The number of hydrogen-bond acceptors (Lipinski definition) is 6. The van der Waals surface area contributed by atoms with Gasteiger partial charge >= 0.3 is 0 Å². The van der Waals surface area contributed by atoms with Crippen LogP contribution in [0.2, 0.25) is 0 Å². The maximum atomic E-state index is 15.0. The highest BCUT2D eigenvalue weighted by Crippen LogP contribution is 2.72. The molecular formula is C38H49N3O5S. The first-order valence-corrected chi connectivity index (χ1v) is 17.7. The van der Waals surface area contributed by atoms with E-state index in [1.54, 1.807) is 33.7 Å². The number of carbonyl (C=O) groups is 3. The van der Waals surface area contributed by atoms with Crippen molar-refractivity contribution < 1.29 is 24.2 Å². The van der Waals surface area contributed by atoms with Gasteiger partial charge in [0.2, 0.25) is 17.7 Å². The lowest BCUT2D eigenvalue weighted by Gasteiger charge is -2.39. The van der Waals surface area contributed by atoms with Gasteiger partial charge in [0.05, 0.1) is 35.8 Å². The van der Waals surface area contributed by atoms with E-state index in [9.17, 15) is 19.5 Å². The van der Waals surface area contributed by atoms with Gasteiger partial charge in [0.15, 0.2) is 0 Å². The summed E-state index contributed by atoms with van der Waals surface area (Å²) in [5, 5.41) is 10.8. The number of thioether (sulfide) groups is 1. The normalized spacial score (nSPS) is 26.5. The van der Waals surface area contributed by atoms with E-state index in [-0.39, 0.29) is 30.9 Å². The van der Waals surface area contributed by atoms with Crippen LogP contribution in [-0.2, 0) is 20.8 Å². The van der Waals surface area contributed by atoms with Gasteiger partial charge in [-0.1, -0.05) is 55.8 Å². The van der Waals surface area contributed by atoms with E-state index in [0.29, 0.717) is 50.4 Å². The Morgan fingerprint density at radius 3 is 2.38 bits per heavy atom. The molecule has 47 heavy (non-hydrogen) atoms. The van der Waals surface area contributed by atoms with Crippen molar-refractivity contribution in [2.75, 3.05) is 37.7 Å². The molecule has 2 unspecified atom stereocenters. The Hall–Kier alpha value is -3.56. The molecule has 252 valence electrons. The largest absolute Gasteiger partial charge is 0.494 e. The number of anilines is 1. The maximum absolute atomic E-state index is 15.0. The third kappa shape index (κ3) is 6.36. The van der Waals surface area contributed by atoms with Crippen molar-refractivity contribution in [2.45, 2.75) is 74.5 Å². The zero-order valence-corrected chi connectivity index (χ0v) is 28.8. The number of rotatable bonds is 16. The number of unbranched alkanes of at least 4 members (excludes halogenated alkanes) is 1. The van der Waals surface area contributed by atoms with Gasteiger partial charge in [-0.3, -0.25) is 14.4 Å². The quantitative estimate of drug-likeness (QED) is 0.240. The lowest BCUT2D eigenvalue weighted by molar-refractivity contribution is -0.145. The lowest BCUT2D eigenvalue weighted by Crippen LogP contribution is -2.58. The Morgan fingerprint density at radius 2 is 1.77 bits per heavy atom. The first kappa shape index (κ1) is 34.8. The molecule has 0 radical (unpaired) electrons. The summed E-state index contributed by atoms with van der Waals surface area (Å²) in [4.78, 5) is 49.8. The van der Waals surface area contributed by atoms with Crippen molar-refractivity contribution in [3.05, 3.63) is 85.5 Å². The van der Waals surface area contributed by atoms with Crippen LogP contribution in [0.3, 0.4) is 0 Å². The molecule has 1 spiro atoms. The van der Waals surface area contributed by atoms with Crippen LogP contribution in [0.15, 0.2) is 79.9 Å². The average Bonchev–Trinajstić information content (AvgIpc) is 3.65. The van der Waals surface area contributed by atoms with Gasteiger partial charge in [-0.05, 0) is 69.4 Å². The SMILES string of the molecule is C=CCN(CCCC)C(=O)C1N([C@@H](CO)Cc2ccccc2)C(=O)[C@@H]2[C@@H](C(=O)N(CC=C)c3ccc(OCC)cc3)[C@@]3(C)CCC12S3. The summed E-state index contributed by atoms with van der Waals surface area (Å²) in [7, 11) is 0. The molecule has 3 amide bonds. The second kappa shape index (κ2) is 14.7. The Bertz CT molecular complexity index is 1450. The highest BCUT2D eigenvalue weighted by Gasteiger charge is 2.78. The Labute approximate surface area is 283 Å². The monoisotopic (exact) mass is 659 g/mol. The topological polar surface area (TPSA) is 90.4 Å². The van der Waals surface area contributed by atoms with Crippen molar-refractivity contribution >= 4 is 35.2 Å². The molecule has 0 saturated carbocycles. The summed E-state index contributed by atoms with van der Waals surface area (Å²) in [5.41, 5.74) is 1.67. The van der Waals surface area contributed by atoms with Crippen LogP contribution >= 0.6 is 11.8 Å². The van der Waals surface area contributed by atoms with E-state index in [2.05, 4.69) is 27.0 Å². The van der Waals surface area contributed by atoms with Crippen molar-refractivity contribution in [3.8, 4) is 5.75 Å². The van der Waals surface area contributed by atoms with Crippen LogP contribution in [-0.4, -0.2) is 87.1 Å². The minimum absolute atomic E-state index is 0.125. The van der Waals surface area contributed by atoms with Gasteiger partial charge in [-0.2, -0.15) is 0 Å². The number of hydrogen-bond donors (Lipinski definition) is 1. The van der Waals surface area contributed by atoms with Crippen LogP contribution in [0.4, 0.5) is 5.69 Å². The number of carbonyl (C=O) groups excluding carboxylic acids is 3. The molecule has 3 fully saturated rings. The van der Waals surface area contributed by atoms with E-state index in [0.717, 1.165) is 18.4 Å². The van der Waals surface area contributed by atoms with Gasteiger partial charge < -0.3 is 24.5 Å². The van der Waals surface area contributed by atoms with E-state index in [1.807, 2.05) is 66.4 Å². The number of fused-ring (bicyclic) bond motifs is 1. The first-order valence-electron chi connectivity index (χ1n) is 16.9. The second-order valence-electron chi connectivity index (χ2n) is 13.1. The molecule has 2 aromatic carbocycles. The summed E-state index contributed by atoms with van der Waals surface area (Å²) >= 11 is 1.65. The Kier molecular flexibility index (Phi) is 10.9. The van der Waals surface area contributed by atoms with Gasteiger partial charge in [-0.25, -0.2) is 0 Å². The molecule has 1 N–H and O–H groups in total. The summed E-state index contributed by atoms with van der Waals surface area (Å²) < 4.78 is 4.30. The van der Waals surface area contributed by atoms with E-state index >= 15 is 0 Å². The fourth-order valence-corrected chi connectivity index (χ4v) is 10.4. The molecular weight excluding hydrogens is 611 g/mol. The fourth-order valence-electron chi connectivity index (χ4n) is 8.03. The molecule has 5 rings (SSSR count). The van der Waals surface area contributed by atoms with Crippen LogP contribution < -0.4 is 9.64 Å². The van der Waals surface area contributed by atoms with Crippen LogP contribution in [0.1, 0.15) is 52.0 Å². The molecule has 0 aromatic heterocycles. The standard InChI is InChI=1S/C38H49N3O5S/c1-6-10-24-39(22-7-2)36(45)33-38-21-20-37(5,47-38)31(34(43)40(23-8-3)28-16-18-30(19-17-28)46-9-4)32(38)35(44)41(33)29(26-42)25-27-14-12-11-13-15-27/h7-8,11-19,29,31-33,42H,2-3,6,9-10,20-26H2,1,4-5H3/t29-,31+,32+,33?,37-,38?/m1/s1. The number of aliphatic hydroxyl groups excluding tert-OH is 1. The molecule has 3 heterocycles. The molecule has 6 atom stereocenters. The third-order valence-electron chi connectivity index (χ3n) is 10.1. The summed E-state index contributed by atoms with van der Waals surface area (Å²) in [6, 6.07) is 15.7. The summed E-state index contributed by atoms with van der Waals surface area (Å²) in [6.45, 7) is 15.4. The highest BCUT2D eigenvalue weighted by molar-refractivity contribution is 8.02. The number of amides is 3. The predicted octanol–water partition coefficient (Wildman–Crippen LogP) is 5.50. The Balaban J connectivity index is 1.58. The van der Waals surface area contributed by atoms with E-state index in [4.69, 9.17) is 4.74 Å². The van der Waals surface area contributed by atoms with Crippen LogP contribution in [0.25, 0.3) is 0 Å². The molecule has 3 saturated heterocycles. The fraction of sp³-hybridized carbons (Fsp3) is 0.500. The van der Waals surface area contributed by atoms with Gasteiger partial charge in [0.25, 0.3) is 0 Å². The van der Waals surface area contributed by atoms with Crippen LogP contribution in [0, 0.1) is 11.8 Å². The highest BCUT2D eigenvalue weighted by atomic mass is 32.2. The third-order valence-corrected chi connectivity index (χ3v) is 12.1. The predicted molar refractivity (Wildman–Crippen MR) is 188 cm³/mol. The van der Waals surface area contributed by atoms with Crippen molar-refractivity contribution in [1.29, 1.82) is 0 Å². The lowest BCUT2D eigenvalue weighted by atomic mass is 9.66. The van der Waals surface area contributed by atoms with Gasteiger partial charge in [0, 0.05) is 30.1 Å². The number of nitrogens with zero attached hydrogens (tertiary/aromatic N) is 3. The molecule has 3 aliphatic heterocycles. The van der Waals surface area contributed by atoms with Crippen LogP contribution in [0.5, 0.6) is 5.75 Å². The Morgan fingerprint density at radius 1 is 1.06 bits per heavy atom. The zero-order chi connectivity index (χ0) is 33.8. The minimum Gasteiger partial charge on any atom is -0.494 e. The van der Waals surface area contributed by atoms with Gasteiger partial charge in [-0.15, -0.1) is 24.9 Å². The zero-order valence-electron chi connectivity index (χ0n) is 28.0. The van der Waals surface area contributed by atoms with Crippen molar-refractivity contribution in [1.82, 2.24) is 9.80 Å². The average molecular weight is 660 g/mol. The summed E-state index contributed by atoms with van der Waals surface area (Å²) in [5.74, 6) is -1.13. The molecule has 2 bridgehead atoms. The number of likely N-dealkylation sites (tertiary alicyclic amines) is 1. The van der Waals surface area contributed by atoms with E-state index in [1.165, 1.54) is 0 Å². The smallest absolute Gasteiger partial charge is 0.247 e. The van der Waals surface area contributed by atoms with E-state index < -0.39 is 33.4 Å². The molecule has 3 aliphatic rings. The molecule has 9 heteroatoms. The molecule has 0 aliphatic carbocycles. The van der Waals surface area contributed by atoms with Crippen molar-refractivity contribution in [2.24, 2.45) is 11.8 Å². The second-order valence-corrected chi connectivity index (χ2v) is 15.0. The van der Waals surface area contributed by atoms with Gasteiger partial charge in [0.1, 0.15) is 11.8 Å². The molecule has 2 aromatic rings. The number of ether oxygens (including phenoxy) is 1. The first-order chi connectivity index (χ1) is 22.7. The number of benzene rings is 2. The summed E-state index contributed by atoms with van der Waals surface area (Å²) in [6.07, 6.45) is 6.93. The molecule has 8 nitrogen and oxygen atoms in total. The minimum atomic E-state index is -0.805. The maximum Gasteiger partial charge on any atom is 0.247 e. The van der Waals surface area contributed by atoms with Crippen molar-refractivity contribution in [3.63, 3.8) is 0 Å². The number of aliphatic hydroxyl groups is 1.